The van der Waals surface area contributed by atoms with E-state index in [0.717, 1.165) is 12.3 Å². The van der Waals surface area contributed by atoms with Crippen LogP contribution in [0.15, 0.2) is 48.7 Å². The lowest BCUT2D eigenvalue weighted by Crippen LogP contribution is -2.54. The average molecular weight is 482 g/mol. The van der Waals surface area contributed by atoms with E-state index in [-0.39, 0.29) is 42.3 Å². The molecule has 0 saturated heterocycles. The zero-order valence-electron chi connectivity index (χ0n) is 17.2. The number of phenolic OH excluding ortho intramolecular Hbond substituents is 1. The molecule has 0 radical (unpaired) electrons. The zero-order chi connectivity index (χ0) is 24.5. The number of halogens is 6. The zero-order valence-corrected chi connectivity index (χ0v) is 17.2. The van der Waals surface area contributed by atoms with Gasteiger partial charge in [-0.1, -0.05) is 24.3 Å². The van der Waals surface area contributed by atoms with Crippen LogP contribution in [0.4, 0.5) is 32.0 Å². The molecule has 12 heteroatoms. The maximum Gasteiger partial charge on any atom is 0.434 e. The third kappa shape index (κ3) is 3.23. The van der Waals surface area contributed by atoms with Crippen LogP contribution in [0.5, 0.6) is 5.75 Å². The number of hydrogen-bond donors (Lipinski definition) is 2. The molecular formula is C22H16F6N4O2. The van der Waals surface area contributed by atoms with E-state index in [4.69, 9.17) is 0 Å². The van der Waals surface area contributed by atoms with Crippen molar-refractivity contribution in [3.63, 3.8) is 0 Å². The highest BCUT2D eigenvalue weighted by molar-refractivity contribution is 6.09. The van der Waals surface area contributed by atoms with E-state index >= 15 is 0 Å². The number of aromatic hydroxyl groups is 1. The first-order valence-electron chi connectivity index (χ1n) is 10.1. The van der Waals surface area contributed by atoms with Gasteiger partial charge in [0, 0.05) is 24.8 Å². The van der Waals surface area contributed by atoms with Crippen LogP contribution in [-0.2, 0) is 35.8 Å². The number of amides is 1. The Kier molecular flexibility index (Phi) is 4.73. The van der Waals surface area contributed by atoms with E-state index in [0.29, 0.717) is 0 Å². The summed E-state index contributed by atoms with van der Waals surface area (Å²) < 4.78 is 82.0. The normalized spacial score (nSPS) is 20.7. The number of imidazole rings is 1. The summed E-state index contributed by atoms with van der Waals surface area (Å²) in [5.41, 5.74) is -4.01. The van der Waals surface area contributed by atoms with Crippen LogP contribution in [0.25, 0.3) is 0 Å². The van der Waals surface area contributed by atoms with Crippen molar-refractivity contribution in [1.29, 1.82) is 0 Å². The molecule has 6 nitrogen and oxygen atoms in total. The van der Waals surface area contributed by atoms with Crippen molar-refractivity contribution < 1.29 is 36.2 Å². The van der Waals surface area contributed by atoms with E-state index in [1.165, 1.54) is 45.9 Å². The van der Waals surface area contributed by atoms with Gasteiger partial charge in [-0.25, -0.2) is 4.98 Å². The molecule has 1 amide bonds. The van der Waals surface area contributed by atoms with Gasteiger partial charge in [0.1, 0.15) is 11.6 Å². The van der Waals surface area contributed by atoms with Crippen molar-refractivity contribution in [3.05, 3.63) is 76.9 Å². The number of benzene rings is 2. The Morgan fingerprint density at radius 1 is 0.971 bits per heavy atom. The van der Waals surface area contributed by atoms with E-state index in [2.05, 4.69) is 10.3 Å². The van der Waals surface area contributed by atoms with E-state index in [1.54, 1.807) is 0 Å². The summed E-state index contributed by atoms with van der Waals surface area (Å²) >= 11 is 0. The number of alkyl halides is 6. The first-order valence-corrected chi connectivity index (χ1v) is 10.1. The Morgan fingerprint density at radius 2 is 1.68 bits per heavy atom. The second kappa shape index (κ2) is 7.23. The Morgan fingerprint density at radius 3 is 2.32 bits per heavy atom. The minimum atomic E-state index is -4.75. The molecule has 178 valence electrons. The number of phenols is 1. The Hall–Kier alpha value is -3.54. The SMILES string of the molecule is O=C1Nc2c(C(F)(F)F)cccc2C1(c1ccc(O)cc1)N1CCn2cc(C(F)(F)F)nc2C1. The molecular weight excluding hydrogens is 466 g/mol. The third-order valence-electron chi connectivity index (χ3n) is 6.18. The van der Waals surface area contributed by atoms with Crippen molar-refractivity contribution in [2.24, 2.45) is 0 Å². The number of aromatic nitrogens is 2. The summed E-state index contributed by atoms with van der Waals surface area (Å²) in [7, 11) is 0. The minimum Gasteiger partial charge on any atom is -0.508 e. The minimum absolute atomic E-state index is 0.0223. The summed E-state index contributed by atoms with van der Waals surface area (Å²) in [6.07, 6.45) is -8.53. The molecule has 1 unspecified atom stereocenters. The molecule has 0 aliphatic carbocycles. The van der Waals surface area contributed by atoms with Gasteiger partial charge in [-0.15, -0.1) is 0 Å². The predicted molar refractivity (Wildman–Crippen MR) is 107 cm³/mol. The van der Waals surface area contributed by atoms with Crippen molar-refractivity contribution >= 4 is 11.6 Å². The first-order chi connectivity index (χ1) is 15.9. The molecule has 5 rings (SSSR count). The summed E-state index contributed by atoms with van der Waals surface area (Å²) in [4.78, 5) is 18.7. The average Bonchev–Trinajstić information content (AvgIpc) is 3.32. The molecule has 3 aromatic rings. The number of nitrogens with one attached hydrogen (secondary N) is 1. The van der Waals surface area contributed by atoms with Crippen LogP contribution < -0.4 is 5.32 Å². The number of carbonyl (C=O) groups excluding carboxylic acids is 1. The Labute approximate surface area is 188 Å². The lowest BCUT2D eigenvalue weighted by Gasteiger charge is -2.42. The number of carbonyl (C=O) groups is 1. The molecule has 3 heterocycles. The summed E-state index contributed by atoms with van der Waals surface area (Å²) in [6, 6.07) is 8.83. The third-order valence-corrected chi connectivity index (χ3v) is 6.18. The molecule has 0 spiro atoms. The molecule has 0 fully saturated rings. The molecule has 1 aromatic heterocycles. The topological polar surface area (TPSA) is 70.4 Å². The quantitative estimate of drug-likeness (QED) is 0.534. The van der Waals surface area contributed by atoms with Crippen LogP contribution in [0, 0.1) is 0 Å². The van der Waals surface area contributed by atoms with Gasteiger partial charge in [-0.3, -0.25) is 9.69 Å². The number of rotatable bonds is 2. The Balaban J connectivity index is 1.70. The molecule has 2 aromatic carbocycles. The van der Waals surface area contributed by atoms with Gasteiger partial charge in [-0.05, 0) is 23.8 Å². The second-order valence-electron chi connectivity index (χ2n) is 8.09. The number of nitrogens with zero attached hydrogens (tertiary/aromatic N) is 3. The van der Waals surface area contributed by atoms with Crippen LogP contribution >= 0.6 is 0 Å². The van der Waals surface area contributed by atoms with E-state index < -0.39 is 40.7 Å². The lowest BCUT2D eigenvalue weighted by molar-refractivity contribution is -0.141. The predicted octanol–water partition coefficient (Wildman–Crippen LogP) is 4.34. The molecule has 0 saturated carbocycles. The molecule has 2 N–H and O–H groups in total. The van der Waals surface area contributed by atoms with Crippen molar-refractivity contribution in [1.82, 2.24) is 14.5 Å². The van der Waals surface area contributed by atoms with Crippen molar-refractivity contribution in [2.45, 2.75) is 31.0 Å². The lowest BCUT2D eigenvalue weighted by atomic mass is 9.81. The fourth-order valence-electron chi connectivity index (χ4n) is 4.71. The Bertz CT molecular complexity index is 1280. The molecule has 1 atom stereocenters. The monoisotopic (exact) mass is 482 g/mol. The van der Waals surface area contributed by atoms with Crippen LogP contribution in [-0.4, -0.2) is 32.0 Å². The fraction of sp³-hybridized carbons (Fsp3) is 0.273. The highest BCUT2D eigenvalue weighted by Gasteiger charge is 2.55. The summed E-state index contributed by atoms with van der Waals surface area (Å²) in [5, 5.41) is 12.1. The number of fused-ring (bicyclic) bond motifs is 2. The van der Waals surface area contributed by atoms with Crippen LogP contribution in [0.3, 0.4) is 0 Å². The van der Waals surface area contributed by atoms with Gasteiger partial charge in [0.25, 0.3) is 5.91 Å². The molecule has 0 bridgehead atoms. The maximum absolute atomic E-state index is 13.7. The molecule has 2 aliphatic heterocycles. The highest BCUT2D eigenvalue weighted by atomic mass is 19.4. The number of para-hydroxylation sites is 1. The number of hydrogen-bond acceptors (Lipinski definition) is 4. The van der Waals surface area contributed by atoms with Gasteiger partial charge in [0.15, 0.2) is 11.2 Å². The van der Waals surface area contributed by atoms with Gasteiger partial charge >= 0.3 is 12.4 Å². The van der Waals surface area contributed by atoms with Gasteiger partial charge in [0.2, 0.25) is 0 Å². The standard InChI is InChI=1S/C22H16F6N4O2/c23-21(24,25)15-3-1-2-14-18(15)30-19(34)20(14,12-4-6-13(33)7-5-12)32-9-8-31-10-16(22(26,27)28)29-17(31)11-32/h1-7,10,33H,8-9,11H2,(H,30,34). The van der Waals surface area contributed by atoms with E-state index in [9.17, 15) is 36.2 Å². The maximum atomic E-state index is 13.7. The molecule has 34 heavy (non-hydrogen) atoms. The molecule has 2 aliphatic rings. The highest BCUT2D eigenvalue weighted by Crippen LogP contribution is 2.50. The largest absolute Gasteiger partial charge is 0.508 e. The fourth-order valence-corrected chi connectivity index (χ4v) is 4.71. The van der Waals surface area contributed by atoms with E-state index in [1.807, 2.05) is 0 Å². The number of anilines is 1. The second-order valence-corrected chi connectivity index (χ2v) is 8.09. The smallest absolute Gasteiger partial charge is 0.434 e. The summed E-state index contributed by atoms with van der Waals surface area (Å²) in [5.74, 6) is -0.864. The van der Waals surface area contributed by atoms with Gasteiger partial charge in [0.05, 0.1) is 17.8 Å². The van der Waals surface area contributed by atoms with Crippen molar-refractivity contribution in [3.8, 4) is 5.75 Å². The summed E-state index contributed by atoms with van der Waals surface area (Å²) in [6.45, 7) is -0.121. The first kappa shape index (κ1) is 22.3. The van der Waals surface area contributed by atoms with Crippen molar-refractivity contribution in [2.75, 3.05) is 11.9 Å². The van der Waals surface area contributed by atoms with Gasteiger partial charge < -0.3 is 15.0 Å². The van der Waals surface area contributed by atoms with Crippen LogP contribution in [0.1, 0.15) is 28.2 Å². The van der Waals surface area contributed by atoms with Crippen LogP contribution in [0.2, 0.25) is 0 Å². The van der Waals surface area contributed by atoms with Gasteiger partial charge in [-0.2, -0.15) is 26.3 Å².